The van der Waals surface area contributed by atoms with Gasteiger partial charge in [0, 0.05) is 13.1 Å². The minimum absolute atomic E-state index is 0.492. The summed E-state index contributed by atoms with van der Waals surface area (Å²) >= 11 is 0. The molecule has 0 amide bonds. The molecule has 0 saturated carbocycles. The molecular weight excluding hydrogens is 210 g/mol. The SMILES string of the molecule is C=CCNCCOc1cc(C)ccc1C(C)C. The zero-order valence-electron chi connectivity index (χ0n) is 11.1. The van der Waals surface area contributed by atoms with Crippen molar-refractivity contribution in [3.8, 4) is 5.75 Å². The van der Waals surface area contributed by atoms with Crippen LogP contribution in [-0.2, 0) is 0 Å². The molecule has 2 heteroatoms. The van der Waals surface area contributed by atoms with E-state index in [2.05, 4.69) is 50.9 Å². The van der Waals surface area contributed by atoms with Crippen LogP contribution < -0.4 is 10.1 Å². The molecule has 1 rings (SSSR count). The average molecular weight is 233 g/mol. The van der Waals surface area contributed by atoms with E-state index in [1.807, 2.05) is 6.08 Å². The van der Waals surface area contributed by atoms with E-state index in [1.54, 1.807) is 0 Å². The Balaban J connectivity index is 2.56. The van der Waals surface area contributed by atoms with Crippen molar-refractivity contribution in [3.05, 3.63) is 42.0 Å². The third kappa shape index (κ3) is 4.61. The average Bonchev–Trinajstić information content (AvgIpc) is 2.28. The molecule has 0 aliphatic carbocycles. The molecule has 0 fully saturated rings. The van der Waals surface area contributed by atoms with Gasteiger partial charge in [-0.15, -0.1) is 6.58 Å². The summed E-state index contributed by atoms with van der Waals surface area (Å²) in [6.07, 6.45) is 1.85. The van der Waals surface area contributed by atoms with E-state index >= 15 is 0 Å². The van der Waals surface area contributed by atoms with Gasteiger partial charge in [-0.3, -0.25) is 0 Å². The van der Waals surface area contributed by atoms with Crippen LogP contribution in [0.5, 0.6) is 5.75 Å². The molecule has 1 N–H and O–H groups in total. The van der Waals surface area contributed by atoms with Crippen molar-refractivity contribution < 1.29 is 4.74 Å². The fourth-order valence-electron chi connectivity index (χ4n) is 1.68. The van der Waals surface area contributed by atoms with Gasteiger partial charge < -0.3 is 10.1 Å². The van der Waals surface area contributed by atoms with Gasteiger partial charge in [-0.1, -0.05) is 32.1 Å². The lowest BCUT2D eigenvalue weighted by atomic mass is 10.0. The lowest BCUT2D eigenvalue weighted by Gasteiger charge is -2.15. The lowest BCUT2D eigenvalue weighted by molar-refractivity contribution is 0.312. The number of hydrogen-bond donors (Lipinski definition) is 1. The van der Waals surface area contributed by atoms with Gasteiger partial charge in [0.15, 0.2) is 0 Å². The maximum absolute atomic E-state index is 5.83. The van der Waals surface area contributed by atoms with Crippen molar-refractivity contribution in [2.45, 2.75) is 26.7 Å². The summed E-state index contributed by atoms with van der Waals surface area (Å²) < 4.78 is 5.83. The molecule has 0 aliphatic rings. The van der Waals surface area contributed by atoms with Crippen LogP contribution in [0.15, 0.2) is 30.9 Å². The first-order valence-corrected chi connectivity index (χ1v) is 6.20. The van der Waals surface area contributed by atoms with E-state index < -0.39 is 0 Å². The van der Waals surface area contributed by atoms with Crippen LogP contribution in [0, 0.1) is 6.92 Å². The first kappa shape index (κ1) is 13.8. The van der Waals surface area contributed by atoms with Crippen molar-refractivity contribution in [2.24, 2.45) is 0 Å². The lowest BCUT2D eigenvalue weighted by Crippen LogP contribution is -2.21. The molecular formula is C15H23NO. The van der Waals surface area contributed by atoms with Crippen molar-refractivity contribution in [3.63, 3.8) is 0 Å². The monoisotopic (exact) mass is 233 g/mol. The van der Waals surface area contributed by atoms with Gasteiger partial charge in [-0.05, 0) is 30.0 Å². The van der Waals surface area contributed by atoms with Crippen LogP contribution in [-0.4, -0.2) is 19.7 Å². The summed E-state index contributed by atoms with van der Waals surface area (Å²) in [5, 5.41) is 3.23. The number of benzene rings is 1. The van der Waals surface area contributed by atoms with E-state index in [-0.39, 0.29) is 0 Å². The zero-order valence-corrected chi connectivity index (χ0v) is 11.1. The molecule has 0 heterocycles. The minimum atomic E-state index is 0.492. The smallest absolute Gasteiger partial charge is 0.123 e. The Bertz CT molecular complexity index is 358. The fourth-order valence-corrected chi connectivity index (χ4v) is 1.68. The largest absolute Gasteiger partial charge is 0.492 e. The summed E-state index contributed by atoms with van der Waals surface area (Å²) in [7, 11) is 0. The van der Waals surface area contributed by atoms with Gasteiger partial charge >= 0.3 is 0 Å². The first-order valence-electron chi connectivity index (χ1n) is 6.20. The van der Waals surface area contributed by atoms with Gasteiger partial charge in [0.2, 0.25) is 0 Å². The quantitative estimate of drug-likeness (QED) is 0.576. The molecule has 1 aromatic rings. The molecule has 0 unspecified atom stereocenters. The highest BCUT2D eigenvalue weighted by Gasteiger charge is 2.07. The third-order valence-corrected chi connectivity index (χ3v) is 2.62. The van der Waals surface area contributed by atoms with E-state index in [0.29, 0.717) is 12.5 Å². The van der Waals surface area contributed by atoms with Gasteiger partial charge in [-0.25, -0.2) is 0 Å². The minimum Gasteiger partial charge on any atom is -0.492 e. The normalized spacial score (nSPS) is 10.6. The summed E-state index contributed by atoms with van der Waals surface area (Å²) in [4.78, 5) is 0. The maximum Gasteiger partial charge on any atom is 0.123 e. The second kappa shape index (κ2) is 7.13. The predicted octanol–water partition coefficient (Wildman–Crippen LogP) is 3.27. The molecule has 17 heavy (non-hydrogen) atoms. The van der Waals surface area contributed by atoms with Gasteiger partial charge in [-0.2, -0.15) is 0 Å². The summed E-state index contributed by atoms with van der Waals surface area (Å²) in [5.41, 5.74) is 2.52. The number of hydrogen-bond acceptors (Lipinski definition) is 2. The van der Waals surface area contributed by atoms with E-state index in [0.717, 1.165) is 18.8 Å². The van der Waals surface area contributed by atoms with Crippen LogP contribution in [0.4, 0.5) is 0 Å². The van der Waals surface area contributed by atoms with Crippen LogP contribution >= 0.6 is 0 Å². The number of aryl methyl sites for hydroxylation is 1. The summed E-state index contributed by atoms with van der Waals surface area (Å²) in [6, 6.07) is 6.41. The molecule has 0 radical (unpaired) electrons. The van der Waals surface area contributed by atoms with E-state index in [9.17, 15) is 0 Å². The molecule has 2 nitrogen and oxygen atoms in total. The highest BCUT2D eigenvalue weighted by atomic mass is 16.5. The van der Waals surface area contributed by atoms with Crippen molar-refractivity contribution >= 4 is 0 Å². The molecule has 0 aromatic heterocycles. The van der Waals surface area contributed by atoms with Crippen molar-refractivity contribution in [1.29, 1.82) is 0 Å². The number of nitrogens with one attached hydrogen (secondary N) is 1. The van der Waals surface area contributed by atoms with Crippen LogP contribution in [0.2, 0.25) is 0 Å². The number of ether oxygens (including phenoxy) is 1. The zero-order chi connectivity index (χ0) is 12.7. The molecule has 0 spiro atoms. The molecule has 94 valence electrons. The second-order valence-electron chi connectivity index (χ2n) is 4.54. The summed E-state index contributed by atoms with van der Waals surface area (Å²) in [6.45, 7) is 12.5. The number of rotatable bonds is 7. The van der Waals surface area contributed by atoms with Crippen molar-refractivity contribution in [1.82, 2.24) is 5.32 Å². The Morgan fingerprint density at radius 3 is 2.82 bits per heavy atom. The maximum atomic E-state index is 5.83. The van der Waals surface area contributed by atoms with Gasteiger partial charge in [0.25, 0.3) is 0 Å². The van der Waals surface area contributed by atoms with Crippen LogP contribution in [0.25, 0.3) is 0 Å². The fraction of sp³-hybridized carbons (Fsp3) is 0.467. The Kier molecular flexibility index (Phi) is 5.78. The molecule has 0 bridgehead atoms. The molecule has 1 aromatic carbocycles. The topological polar surface area (TPSA) is 21.3 Å². The molecule has 0 atom stereocenters. The molecule has 0 saturated heterocycles. The highest BCUT2D eigenvalue weighted by molar-refractivity contribution is 5.39. The Morgan fingerprint density at radius 2 is 2.18 bits per heavy atom. The predicted molar refractivity (Wildman–Crippen MR) is 73.8 cm³/mol. The standard InChI is InChI=1S/C15H23NO/c1-5-8-16-9-10-17-15-11-13(4)6-7-14(15)12(2)3/h5-7,11-12,16H,1,8-10H2,2-4H3. The van der Waals surface area contributed by atoms with Crippen molar-refractivity contribution in [2.75, 3.05) is 19.7 Å². The van der Waals surface area contributed by atoms with Gasteiger partial charge in [0.05, 0.1) is 0 Å². The van der Waals surface area contributed by atoms with E-state index in [4.69, 9.17) is 4.74 Å². The van der Waals surface area contributed by atoms with Gasteiger partial charge in [0.1, 0.15) is 12.4 Å². The second-order valence-corrected chi connectivity index (χ2v) is 4.54. The first-order chi connectivity index (χ1) is 8.15. The third-order valence-electron chi connectivity index (χ3n) is 2.62. The highest BCUT2D eigenvalue weighted by Crippen LogP contribution is 2.27. The Hall–Kier alpha value is -1.28. The van der Waals surface area contributed by atoms with Crippen LogP contribution in [0.3, 0.4) is 0 Å². The van der Waals surface area contributed by atoms with Crippen LogP contribution in [0.1, 0.15) is 30.9 Å². The van der Waals surface area contributed by atoms with E-state index in [1.165, 1.54) is 11.1 Å². The molecule has 0 aliphatic heterocycles. The Labute approximate surface area is 105 Å². The Morgan fingerprint density at radius 1 is 1.41 bits per heavy atom. The summed E-state index contributed by atoms with van der Waals surface area (Å²) in [5.74, 6) is 1.51.